The molecule has 0 aliphatic heterocycles. The number of carboxylic acid groups (broad SMARTS) is 1. The molecule has 0 aromatic heterocycles. The molecule has 2 rings (SSSR count). The molecule has 5 atom stereocenters. The molecule has 5 unspecified atom stereocenters. The van der Waals surface area contributed by atoms with Gasteiger partial charge in [-0.2, -0.15) is 0 Å². The summed E-state index contributed by atoms with van der Waals surface area (Å²) in [4.78, 5) is 11.0. The van der Waals surface area contributed by atoms with Crippen LogP contribution in [-0.2, 0) is 4.79 Å². The van der Waals surface area contributed by atoms with Crippen LogP contribution in [0.1, 0.15) is 6.92 Å². The molecule has 1 saturated carbocycles. The van der Waals surface area contributed by atoms with Crippen molar-refractivity contribution in [1.82, 2.24) is 0 Å². The van der Waals surface area contributed by atoms with Crippen LogP contribution in [0.3, 0.4) is 0 Å². The van der Waals surface area contributed by atoms with E-state index in [0.29, 0.717) is 0 Å². The lowest BCUT2D eigenvalue weighted by Crippen LogP contribution is -2.34. The van der Waals surface area contributed by atoms with Crippen LogP contribution >= 0.6 is 0 Å². The lowest BCUT2D eigenvalue weighted by molar-refractivity contribution is -0.144. The third kappa shape index (κ3) is 0.879. The standard InChI is InChI=1S/C11H14O3/c1-3-11(14)7-4-5-8(11)9(6(7)2)10(12)13/h3-9,14H,1H2,2H3,(H,12,13). The SMILES string of the molecule is C=CC1(O)C2C=CC1C(C(=O)O)C2C. The van der Waals surface area contributed by atoms with E-state index in [2.05, 4.69) is 6.58 Å². The number of carbonyl (C=O) groups is 1. The highest BCUT2D eigenvalue weighted by Gasteiger charge is 2.60. The van der Waals surface area contributed by atoms with E-state index in [1.807, 2.05) is 19.1 Å². The molecule has 76 valence electrons. The highest BCUT2D eigenvalue weighted by Crippen LogP contribution is 2.54. The van der Waals surface area contributed by atoms with Crippen molar-refractivity contribution in [3.05, 3.63) is 24.8 Å². The summed E-state index contributed by atoms with van der Waals surface area (Å²) in [5.74, 6) is -1.73. The minimum absolute atomic E-state index is 0.0227. The van der Waals surface area contributed by atoms with Gasteiger partial charge < -0.3 is 10.2 Å². The van der Waals surface area contributed by atoms with Crippen molar-refractivity contribution in [2.24, 2.45) is 23.7 Å². The van der Waals surface area contributed by atoms with Crippen LogP contribution in [0, 0.1) is 23.7 Å². The normalized spacial score (nSPS) is 49.6. The van der Waals surface area contributed by atoms with E-state index in [1.54, 1.807) is 0 Å². The van der Waals surface area contributed by atoms with Crippen LogP contribution in [-0.4, -0.2) is 21.8 Å². The molecule has 0 heterocycles. The number of hydrogen-bond donors (Lipinski definition) is 2. The average molecular weight is 194 g/mol. The monoisotopic (exact) mass is 194 g/mol. The molecular weight excluding hydrogens is 180 g/mol. The zero-order valence-corrected chi connectivity index (χ0v) is 8.05. The molecule has 2 aliphatic rings. The molecule has 2 bridgehead atoms. The van der Waals surface area contributed by atoms with E-state index in [4.69, 9.17) is 5.11 Å². The Morgan fingerprint density at radius 1 is 1.50 bits per heavy atom. The molecule has 2 aliphatic carbocycles. The largest absolute Gasteiger partial charge is 0.481 e. The van der Waals surface area contributed by atoms with E-state index >= 15 is 0 Å². The third-order valence-electron chi connectivity index (χ3n) is 3.73. The Balaban J connectivity index is 2.42. The van der Waals surface area contributed by atoms with Crippen molar-refractivity contribution in [2.75, 3.05) is 0 Å². The maximum Gasteiger partial charge on any atom is 0.307 e. The van der Waals surface area contributed by atoms with Gasteiger partial charge in [-0.05, 0) is 5.92 Å². The lowest BCUT2D eigenvalue weighted by atomic mass is 9.85. The predicted molar refractivity (Wildman–Crippen MR) is 51.6 cm³/mol. The molecule has 3 heteroatoms. The van der Waals surface area contributed by atoms with Crippen molar-refractivity contribution in [3.63, 3.8) is 0 Å². The number of fused-ring (bicyclic) bond motifs is 2. The van der Waals surface area contributed by atoms with E-state index in [9.17, 15) is 9.90 Å². The molecule has 0 spiro atoms. The van der Waals surface area contributed by atoms with Crippen LogP contribution in [0.25, 0.3) is 0 Å². The second-order valence-corrected chi connectivity index (χ2v) is 4.25. The molecule has 1 fully saturated rings. The second-order valence-electron chi connectivity index (χ2n) is 4.25. The fourth-order valence-corrected chi connectivity index (χ4v) is 2.97. The maximum atomic E-state index is 11.0. The van der Waals surface area contributed by atoms with Crippen molar-refractivity contribution in [1.29, 1.82) is 0 Å². The van der Waals surface area contributed by atoms with Gasteiger partial charge in [-0.15, -0.1) is 6.58 Å². The summed E-state index contributed by atoms with van der Waals surface area (Å²) in [6.07, 6.45) is 5.21. The van der Waals surface area contributed by atoms with Gasteiger partial charge in [-0.3, -0.25) is 4.79 Å². The Morgan fingerprint density at radius 2 is 2.07 bits per heavy atom. The molecule has 2 N–H and O–H groups in total. The summed E-state index contributed by atoms with van der Waals surface area (Å²) in [6, 6.07) is 0. The van der Waals surface area contributed by atoms with Gasteiger partial charge in [0.1, 0.15) is 0 Å². The third-order valence-corrected chi connectivity index (χ3v) is 3.73. The highest BCUT2D eigenvalue weighted by atomic mass is 16.4. The maximum absolute atomic E-state index is 11.0. The first-order valence-corrected chi connectivity index (χ1v) is 4.79. The van der Waals surface area contributed by atoms with Crippen LogP contribution in [0.5, 0.6) is 0 Å². The summed E-state index contributed by atoms with van der Waals surface area (Å²) in [6.45, 7) is 5.48. The summed E-state index contributed by atoms with van der Waals surface area (Å²) >= 11 is 0. The Hall–Kier alpha value is -1.09. The van der Waals surface area contributed by atoms with E-state index in [-0.39, 0.29) is 17.8 Å². The van der Waals surface area contributed by atoms with E-state index < -0.39 is 17.5 Å². The molecule has 0 radical (unpaired) electrons. The van der Waals surface area contributed by atoms with Gasteiger partial charge in [-0.1, -0.05) is 25.2 Å². The summed E-state index contributed by atoms with van der Waals surface area (Å²) in [7, 11) is 0. The van der Waals surface area contributed by atoms with Crippen molar-refractivity contribution < 1.29 is 15.0 Å². The lowest BCUT2D eigenvalue weighted by Gasteiger charge is -2.24. The smallest absolute Gasteiger partial charge is 0.307 e. The zero-order valence-electron chi connectivity index (χ0n) is 8.05. The second kappa shape index (κ2) is 2.70. The molecular formula is C11H14O3. The molecule has 0 saturated heterocycles. The van der Waals surface area contributed by atoms with Crippen molar-refractivity contribution in [2.45, 2.75) is 12.5 Å². The number of carboxylic acids is 1. The summed E-state index contributed by atoms with van der Waals surface area (Å²) in [5.41, 5.74) is -1.04. The van der Waals surface area contributed by atoms with Gasteiger partial charge in [0.05, 0.1) is 11.5 Å². The molecule has 14 heavy (non-hydrogen) atoms. The van der Waals surface area contributed by atoms with Crippen molar-refractivity contribution in [3.8, 4) is 0 Å². The van der Waals surface area contributed by atoms with Gasteiger partial charge in [0.15, 0.2) is 0 Å². The first-order valence-electron chi connectivity index (χ1n) is 4.79. The van der Waals surface area contributed by atoms with Crippen LogP contribution in [0.15, 0.2) is 24.8 Å². The minimum Gasteiger partial charge on any atom is -0.481 e. The van der Waals surface area contributed by atoms with Crippen LogP contribution < -0.4 is 0 Å². The molecule has 0 aromatic rings. The fourth-order valence-electron chi connectivity index (χ4n) is 2.97. The first-order chi connectivity index (χ1) is 6.52. The van der Waals surface area contributed by atoms with E-state index in [1.165, 1.54) is 6.08 Å². The first kappa shape index (κ1) is 9.46. The number of hydrogen-bond acceptors (Lipinski definition) is 2. The Bertz CT molecular complexity index is 320. The number of rotatable bonds is 2. The van der Waals surface area contributed by atoms with Gasteiger partial charge in [0, 0.05) is 11.8 Å². The average Bonchev–Trinajstić information content (AvgIpc) is 2.55. The van der Waals surface area contributed by atoms with Crippen LogP contribution in [0.2, 0.25) is 0 Å². The fraction of sp³-hybridized carbons (Fsp3) is 0.545. The molecule has 0 amide bonds. The Morgan fingerprint density at radius 3 is 2.43 bits per heavy atom. The van der Waals surface area contributed by atoms with Crippen molar-refractivity contribution >= 4 is 5.97 Å². The summed E-state index contributed by atoms with van der Waals surface area (Å²) < 4.78 is 0. The predicted octanol–water partition coefficient (Wildman–Crippen LogP) is 1.06. The molecule has 3 nitrogen and oxygen atoms in total. The Kier molecular flexibility index (Phi) is 1.83. The van der Waals surface area contributed by atoms with Gasteiger partial charge in [0.2, 0.25) is 0 Å². The topological polar surface area (TPSA) is 57.5 Å². The van der Waals surface area contributed by atoms with Gasteiger partial charge in [0.25, 0.3) is 0 Å². The quantitative estimate of drug-likeness (QED) is 0.646. The molecule has 0 aromatic carbocycles. The minimum atomic E-state index is -1.04. The number of aliphatic carboxylic acids is 1. The Labute approximate surface area is 82.7 Å². The van der Waals surface area contributed by atoms with Gasteiger partial charge in [-0.25, -0.2) is 0 Å². The highest BCUT2D eigenvalue weighted by molar-refractivity contribution is 5.73. The summed E-state index contributed by atoms with van der Waals surface area (Å²) in [5, 5.41) is 19.3. The zero-order chi connectivity index (χ0) is 10.5. The van der Waals surface area contributed by atoms with E-state index in [0.717, 1.165) is 0 Å². The van der Waals surface area contributed by atoms with Gasteiger partial charge >= 0.3 is 5.97 Å². The number of aliphatic hydroxyl groups is 1. The van der Waals surface area contributed by atoms with Crippen LogP contribution in [0.4, 0.5) is 0 Å².